The van der Waals surface area contributed by atoms with Crippen LogP contribution >= 0.6 is 34.4 Å². The second-order valence-electron chi connectivity index (χ2n) is 4.41. The van der Waals surface area contributed by atoms with Gasteiger partial charge in [-0.15, -0.1) is 34.4 Å². The van der Waals surface area contributed by atoms with E-state index in [-0.39, 0.29) is 5.75 Å². The lowest BCUT2D eigenvalue weighted by Gasteiger charge is -1.98. The minimum atomic E-state index is -0.920. The number of thiazole rings is 1. The van der Waals surface area contributed by atoms with Gasteiger partial charge in [0.1, 0.15) is 15.6 Å². The van der Waals surface area contributed by atoms with E-state index in [9.17, 15) is 9.90 Å². The van der Waals surface area contributed by atoms with Gasteiger partial charge in [0.25, 0.3) is 0 Å². The number of hydrogen-bond acceptors (Lipinski definition) is 6. The summed E-state index contributed by atoms with van der Waals surface area (Å²) in [6.07, 6.45) is 1.92. The number of carbonyl (C=O) groups is 1. The molecule has 0 saturated carbocycles. The smallest absolute Gasteiger partial charge is 0.345 e. The number of aromatic carboxylic acids is 1. The van der Waals surface area contributed by atoms with E-state index < -0.39 is 5.97 Å². The highest BCUT2D eigenvalue weighted by atomic mass is 32.2. The van der Waals surface area contributed by atoms with E-state index in [4.69, 9.17) is 5.11 Å². The Bertz CT molecular complexity index is 838. The lowest BCUT2D eigenvalue weighted by molar-refractivity contribution is 0.0702. The Hall–Kier alpha value is -1.83. The van der Waals surface area contributed by atoms with Crippen LogP contribution in [0.4, 0.5) is 0 Å². The van der Waals surface area contributed by atoms with Crippen molar-refractivity contribution < 1.29 is 15.0 Å². The molecule has 7 heteroatoms. The molecule has 0 amide bonds. The molecule has 3 aromatic rings. The van der Waals surface area contributed by atoms with Gasteiger partial charge in [-0.2, -0.15) is 0 Å². The van der Waals surface area contributed by atoms with E-state index in [0.717, 1.165) is 26.0 Å². The van der Waals surface area contributed by atoms with Crippen LogP contribution in [0.5, 0.6) is 5.75 Å². The van der Waals surface area contributed by atoms with Crippen LogP contribution in [0.2, 0.25) is 0 Å². The first-order chi connectivity index (χ1) is 10.6. The number of phenolic OH excluding ortho intramolecular Hbond substituents is 1. The Kier molecular flexibility index (Phi) is 4.19. The van der Waals surface area contributed by atoms with Crippen LogP contribution in [0, 0.1) is 0 Å². The molecule has 0 bridgehead atoms. The van der Waals surface area contributed by atoms with Crippen LogP contribution in [0.15, 0.2) is 39.9 Å². The Morgan fingerprint density at radius 1 is 1.32 bits per heavy atom. The Morgan fingerprint density at radius 2 is 2.14 bits per heavy atom. The predicted octanol–water partition coefficient (Wildman–Crippen LogP) is 4.66. The topological polar surface area (TPSA) is 70.4 Å². The van der Waals surface area contributed by atoms with Gasteiger partial charge in [-0.05, 0) is 24.5 Å². The second-order valence-corrected chi connectivity index (χ2v) is 7.39. The summed E-state index contributed by atoms with van der Waals surface area (Å²) in [6.45, 7) is 0. The van der Waals surface area contributed by atoms with Crippen LogP contribution in [0.3, 0.4) is 0 Å². The lowest BCUT2D eigenvalue weighted by atomic mass is 10.2. The van der Waals surface area contributed by atoms with Crippen molar-refractivity contribution in [2.24, 2.45) is 0 Å². The molecule has 0 unspecified atom stereocenters. The number of carboxylic acid groups (broad SMARTS) is 1. The number of aromatic hydroxyl groups is 1. The summed E-state index contributed by atoms with van der Waals surface area (Å²) < 4.78 is 0.939. The number of rotatable bonds is 4. The summed E-state index contributed by atoms with van der Waals surface area (Å²) in [5.74, 6) is -0.725. The average molecular weight is 349 g/mol. The fourth-order valence-electron chi connectivity index (χ4n) is 1.98. The summed E-state index contributed by atoms with van der Waals surface area (Å²) in [7, 11) is 0. The third-order valence-electron chi connectivity index (χ3n) is 2.97. The fourth-order valence-corrected chi connectivity index (χ4v) is 4.66. The first kappa shape index (κ1) is 15.1. The highest BCUT2D eigenvalue weighted by Gasteiger charge is 2.17. The molecular formula is C15H11NO3S3. The zero-order chi connectivity index (χ0) is 15.7. The van der Waals surface area contributed by atoms with Gasteiger partial charge in [-0.3, -0.25) is 0 Å². The van der Waals surface area contributed by atoms with Gasteiger partial charge in [0.15, 0.2) is 0 Å². The van der Waals surface area contributed by atoms with Crippen LogP contribution in [-0.4, -0.2) is 27.4 Å². The number of thioether (sulfide) groups is 1. The van der Waals surface area contributed by atoms with Crippen LogP contribution < -0.4 is 0 Å². The molecular weight excluding hydrogens is 338 g/mol. The summed E-state index contributed by atoms with van der Waals surface area (Å²) in [4.78, 5) is 16.0. The second kappa shape index (κ2) is 6.12. The van der Waals surface area contributed by atoms with Crippen molar-refractivity contribution in [1.29, 1.82) is 0 Å². The highest BCUT2D eigenvalue weighted by molar-refractivity contribution is 8.00. The van der Waals surface area contributed by atoms with Crippen molar-refractivity contribution in [2.45, 2.75) is 4.21 Å². The normalized spacial score (nSPS) is 10.8. The van der Waals surface area contributed by atoms with E-state index in [1.807, 2.05) is 17.7 Å². The van der Waals surface area contributed by atoms with Crippen molar-refractivity contribution in [3.8, 4) is 27.6 Å². The van der Waals surface area contributed by atoms with Gasteiger partial charge < -0.3 is 10.2 Å². The van der Waals surface area contributed by atoms with Crippen molar-refractivity contribution in [2.75, 3.05) is 6.26 Å². The van der Waals surface area contributed by atoms with Crippen LogP contribution in [0.1, 0.15) is 9.67 Å². The molecule has 112 valence electrons. The third-order valence-corrected chi connectivity index (χ3v) is 6.10. The maximum atomic E-state index is 11.1. The molecule has 0 aliphatic heterocycles. The predicted molar refractivity (Wildman–Crippen MR) is 91.3 cm³/mol. The molecule has 2 N–H and O–H groups in total. The number of phenols is 1. The molecule has 0 fully saturated rings. The zero-order valence-electron chi connectivity index (χ0n) is 11.4. The fraction of sp³-hybridized carbons (Fsp3) is 0.0667. The maximum absolute atomic E-state index is 11.1. The van der Waals surface area contributed by atoms with Crippen molar-refractivity contribution >= 4 is 40.4 Å². The van der Waals surface area contributed by atoms with Crippen molar-refractivity contribution in [3.63, 3.8) is 0 Å². The van der Waals surface area contributed by atoms with Gasteiger partial charge in [0.05, 0.1) is 9.90 Å². The quantitative estimate of drug-likeness (QED) is 0.670. The van der Waals surface area contributed by atoms with Gasteiger partial charge in [0, 0.05) is 16.5 Å². The Labute approximate surface area is 139 Å². The van der Waals surface area contributed by atoms with Crippen molar-refractivity contribution in [3.05, 3.63) is 40.6 Å². The van der Waals surface area contributed by atoms with E-state index in [0.29, 0.717) is 4.88 Å². The number of carboxylic acids is 1. The zero-order valence-corrected chi connectivity index (χ0v) is 13.9. The SMILES string of the molecule is CSc1sc(C(=O)O)cc1-c1nc(-c2cccc(O)c2)cs1. The molecule has 2 heterocycles. The molecule has 0 aliphatic carbocycles. The number of nitrogens with zero attached hydrogens (tertiary/aromatic N) is 1. The monoisotopic (exact) mass is 349 g/mol. The number of thiophene rings is 1. The minimum Gasteiger partial charge on any atom is -0.508 e. The molecule has 1 aromatic carbocycles. The van der Waals surface area contributed by atoms with E-state index in [1.165, 1.54) is 34.4 Å². The molecule has 22 heavy (non-hydrogen) atoms. The third kappa shape index (κ3) is 2.87. The minimum absolute atomic E-state index is 0.195. The number of aromatic nitrogens is 1. The molecule has 0 aliphatic rings. The summed E-state index contributed by atoms with van der Waals surface area (Å²) in [6, 6.07) is 8.59. The first-order valence-corrected chi connectivity index (χ1v) is 9.17. The molecule has 2 aromatic heterocycles. The van der Waals surface area contributed by atoms with Crippen LogP contribution in [-0.2, 0) is 0 Å². The molecule has 0 saturated heterocycles. The van der Waals surface area contributed by atoms with E-state index in [2.05, 4.69) is 4.98 Å². The highest BCUT2D eigenvalue weighted by Crippen LogP contribution is 2.40. The van der Waals surface area contributed by atoms with E-state index in [1.54, 1.807) is 24.3 Å². The molecule has 0 spiro atoms. The van der Waals surface area contributed by atoms with Gasteiger partial charge >= 0.3 is 5.97 Å². The molecule has 4 nitrogen and oxygen atoms in total. The number of hydrogen-bond donors (Lipinski definition) is 2. The maximum Gasteiger partial charge on any atom is 0.345 e. The van der Waals surface area contributed by atoms with Gasteiger partial charge in [0.2, 0.25) is 0 Å². The summed E-state index contributed by atoms with van der Waals surface area (Å²) in [5.41, 5.74) is 2.46. The first-order valence-electron chi connectivity index (χ1n) is 6.25. The Morgan fingerprint density at radius 3 is 2.82 bits per heavy atom. The number of benzene rings is 1. The molecule has 3 rings (SSSR count). The summed E-state index contributed by atoms with van der Waals surface area (Å²) >= 11 is 4.24. The lowest BCUT2D eigenvalue weighted by Crippen LogP contribution is -1.89. The largest absolute Gasteiger partial charge is 0.508 e. The van der Waals surface area contributed by atoms with E-state index >= 15 is 0 Å². The Balaban J connectivity index is 2.02. The standard InChI is InChI=1S/C15H11NO3S3/c1-20-15-10(6-12(22-15)14(18)19)13-16-11(7-21-13)8-3-2-4-9(17)5-8/h2-7,17H,1H3,(H,18,19). The van der Waals surface area contributed by atoms with Gasteiger partial charge in [-0.25, -0.2) is 9.78 Å². The van der Waals surface area contributed by atoms with Crippen LogP contribution in [0.25, 0.3) is 21.8 Å². The molecule has 0 atom stereocenters. The average Bonchev–Trinajstić information content (AvgIpc) is 3.13. The van der Waals surface area contributed by atoms with Gasteiger partial charge in [-0.1, -0.05) is 12.1 Å². The van der Waals surface area contributed by atoms with Crippen molar-refractivity contribution in [1.82, 2.24) is 4.98 Å². The molecule has 0 radical (unpaired) electrons. The summed E-state index contributed by atoms with van der Waals surface area (Å²) in [5, 5.41) is 21.4.